The molecule has 3 heterocycles. The van der Waals surface area contributed by atoms with E-state index in [2.05, 4.69) is 9.97 Å². The van der Waals surface area contributed by atoms with Crippen molar-refractivity contribution in [2.45, 2.75) is 36.8 Å². The van der Waals surface area contributed by atoms with Crippen molar-refractivity contribution in [1.29, 1.82) is 0 Å². The van der Waals surface area contributed by atoms with E-state index in [1.807, 2.05) is 11.8 Å². The maximum absolute atomic E-state index is 5.68. The van der Waals surface area contributed by atoms with Crippen LogP contribution in [-0.2, 0) is 17.7 Å². The summed E-state index contributed by atoms with van der Waals surface area (Å²) < 4.78 is 5.42. The SMILES string of the molecule is NCc1nc2c(c(C3CCOCC3)n1)CCS2. The standard InChI is InChI=1S/C12H17N3OS/c13-7-10-14-11(8-1-4-16-5-2-8)9-3-6-17-12(9)15-10/h8H,1-7,13H2. The first-order valence-corrected chi connectivity index (χ1v) is 7.17. The second kappa shape index (κ2) is 4.92. The Kier molecular flexibility index (Phi) is 3.31. The summed E-state index contributed by atoms with van der Waals surface area (Å²) in [4.78, 5) is 9.20. The smallest absolute Gasteiger partial charge is 0.143 e. The zero-order valence-electron chi connectivity index (χ0n) is 9.82. The van der Waals surface area contributed by atoms with Crippen LogP contribution in [0.1, 0.15) is 35.8 Å². The van der Waals surface area contributed by atoms with Gasteiger partial charge in [-0.05, 0) is 19.3 Å². The minimum absolute atomic E-state index is 0.435. The van der Waals surface area contributed by atoms with Crippen LogP contribution in [0.15, 0.2) is 5.03 Å². The first-order chi connectivity index (χ1) is 8.38. The molecule has 0 unspecified atom stereocenters. The van der Waals surface area contributed by atoms with Gasteiger partial charge in [0.15, 0.2) is 0 Å². The molecule has 0 saturated carbocycles. The van der Waals surface area contributed by atoms with Gasteiger partial charge in [-0.25, -0.2) is 9.97 Å². The fraction of sp³-hybridized carbons (Fsp3) is 0.667. The van der Waals surface area contributed by atoms with E-state index >= 15 is 0 Å². The lowest BCUT2D eigenvalue weighted by molar-refractivity contribution is 0.0842. The van der Waals surface area contributed by atoms with Gasteiger partial charge >= 0.3 is 0 Å². The molecule has 2 N–H and O–H groups in total. The van der Waals surface area contributed by atoms with E-state index < -0.39 is 0 Å². The highest BCUT2D eigenvalue weighted by Gasteiger charge is 2.26. The predicted octanol–water partition coefficient (Wildman–Crippen LogP) is 1.48. The molecule has 0 aliphatic carbocycles. The monoisotopic (exact) mass is 251 g/mol. The van der Waals surface area contributed by atoms with Crippen LogP contribution < -0.4 is 5.73 Å². The van der Waals surface area contributed by atoms with Crippen molar-refractivity contribution in [2.24, 2.45) is 5.73 Å². The third-order valence-electron chi connectivity index (χ3n) is 3.43. The van der Waals surface area contributed by atoms with E-state index in [0.29, 0.717) is 12.5 Å². The van der Waals surface area contributed by atoms with E-state index in [1.54, 1.807) is 0 Å². The summed E-state index contributed by atoms with van der Waals surface area (Å²) >= 11 is 1.84. The number of nitrogens with two attached hydrogens (primary N) is 1. The number of hydrogen-bond donors (Lipinski definition) is 1. The Balaban J connectivity index is 1.98. The van der Waals surface area contributed by atoms with Crippen LogP contribution >= 0.6 is 11.8 Å². The van der Waals surface area contributed by atoms with Crippen LogP contribution in [0.5, 0.6) is 0 Å². The number of hydrogen-bond acceptors (Lipinski definition) is 5. The number of aromatic nitrogens is 2. The van der Waals surface area contributed by atoms with Crippen LogP contribution in [0.25, 0.3) is 0 Å². The lowest BCUT2D eigenvalue weighted by Gasteiger charge is -2.23. The van der Waals surface area contributed by atoms with Crippen molar-refractivity contribution < 1.29 is 4.74 Å². The van der Waals surface area contributed by atoms with Crippen LogP contribution in [0.4, 0.5) is 0 Å². The molecule has 0 spiro atoms. The number of nitrogens with zero attached hydrogens (tertiary/aromatic N) is 2. The van der Waals surface area contributed by atoms with Gasteiger partial charge in [0.05, 0.1) is 12.2 Å². The molecule has 0 bridgehead atoms. The van der Waals surface area contributed by atoms with E-state index in [1.165, 1.54) is 16.3 Å². The Morgan fingerprint density at radius 1 is 1.29 bits per heavy atom. The summed E-state index contributed by atoms with van der Waals surface area (Å²) in [6.45, 7) is 2.15. The third kappa shape index (κ3) is 2.19. The normalized spacial score (nSPS) is 20.5. The third-order valence-corrected chi connectivity index (χ3v) is 4.45. The quantitative estimate of drug-likeness (QED) is 0.807. The predicted molar refractivity (Wildman–Crippen MR) is 67.1 cm³/mol. The molecule has 0 amide bonds. The van der Waals surface area contributed by atoms with Gasteiger partial charge in [0.2, 0.25) is 0 Å². The highest BCUT2D eigenvalue weighted by Crippen LogP contribution is 2.36. The zero-order chi connectivity index (χ0) is 11.7. The highest BCUT2D eigenvalue weighted by molar-refractivity contribution is 7.99. The Bertz CT molecular complexity index is 418. The van der Waals surface area contributed by atoms with E-state index in [0.717, 1.165) is 44.1 Å². The fourth-order valence-corrected chi connectivity index (χ4v) is 3.58. The number of thioether (sulfide) groups is 1. The molecule has 1 aromatic heterocycles. The van der Waals surface area contributed by atoms with Crippen molar-refractivity contribution in [3.05, 3.63) is 17.1 Å². The summed E-state index contributed by atoms with van der Waals surface area (Å²) in [6.07, 6.45) is 3.27. The van der Waals surface area contributed by atoms with Crippen molar-refractivity contribution in [1.82, 2.24) is 9.97 Å². The Morgan fingerprint density at radius 2 is 2.12 bits per heavy atom. The maximum atomic E-state index is 5.68. The van der Waals surface area contributed by atoms with E-state index in [-0.39, 0.29) is 0 Å². The average molecular weight is 251 g/mol. The summed E-state index contributed by atoms with van der Waals surface area (Å²) in [5, 5.41) is 1.17. The summed E-state index contributed by atoms with van der Waals surface area (Å²) in [6, 6.07) is 0. The van der Waals surface area contributed by atoms with E-state index in [4.69, 9.17) is 10.5 Å². The van der Waals surface area contributed by atoms with Crippen LogP contribution in [0, 0.1) is 0 Å². The van der Waals surface area contributed by atoms with Gasteiger partial charge in [-0.1, -0.05) is 0 Å². The molecule has 17 heavy (non-hydrogen) atoms. The van der Waals surface area contributed by atoms with Gasteiger partial charge in [0.1, 0.15) is 10.9 Å². The molecule has 0 radical (unpaired) electrons. The Morgan fingerprint density at radius 3 is 2.88 bits per heavy atom. The second-order valence-electron chi connectivity index (χ2n) is 4.50. The van der Waals surface area contributed by atoms with Crippen LogP contribution in [0.3, 0.4) is 0 Å². The topological polar surface area (TPSA) is 61.0 Å². The second-order valence-corrected chi connectivity index (χ2v) is 5.58. The number of rotatable bonds is 2. The molecule has 0 aromatic carbocycles. The molecule has 0 atom stereocenters. The van der Waals surface area contributed by atoms with Gasteiger partial charge in [0, 0.05) is 30.4 Å². The van der Waals surface area contributed by atoms with Crippen LogP contribution in [-0.4, -0.2) is 28.9 Å². The van der Waals surface area contributed by atoms with Crippen molar-refractivity contribution in [2.75, 3.05) is 19.0 Å². The average Bonchev–Trinajstić information content (AvgIpc) is 2.86. The summed E-state index contributed by atoms with van der Waals surface area (Å²) in [5.41, 5.74) is 8.31. The van der Waals surface area contributed by atoms with Crippen molar-refractivity contribution in [3.63, 3.8) is 0 Å². The van der Waals surface area contributed by atoms with Gasteiger partial charge in [0.25, 0.3) is 0 Å². The molecule has 1 aromatic rings. The van der Waals surface area contributed by atoms with E-state index in [9.17, 15) is 0 Å². The Hall–Kier alpha value is -0.650. The molecule has 4 nitrogen and oxygen atoms in total. The lowest BCUT2D eigenvalue weighted by atomic mass is 9.92. The molecule has 1 saturated heterocycles. The van der Waals surface area contributed by atoms with Gasteiger partial charge < -0.3 is 10.5 Å². The largest absolute Gasteiger partial charge is 0.381 e. The molecular weight excluding hydrogens is 234 g/mol. The van der Waals surface area contributed by atoms with Crippen LogP contribution in [0.2, 0.25) is 0 Å². The lowest BCUT2D eigenvalue weighted by Crippen LogP contribution is -2.18. The van der Waals surface area contributed by atoms with Gasteiger partial charge in [-0.2, -0.15) is 0 Å². The molecule has 5 heteroatoms. The molecular formula is C12H17N3OS. The first kappa shape index (κ1) is 11.4. The molecule has 3 rings (SSSR count). The van der Waals surface area contributed by atoms with Gasteiger partial charge in [-0.15, -0.1) is 11.8 Å². The minimum Gasteiger partial charge on any atom is -0.381 e. The molecule has 92 valence electrons. The molecule has 2 aliphatic rings. The highest BCUT2D eigenvalue weighted by atomic mass is 32.2. The maximum Gasteiger partial charge on any atom is 0.143 e. The molecule has 2 aliphatic heterocycles. The van der Waals surface area contributed by atoms with Crippen molar-refractivity contribution >= 4 is 11.8 Å². The number of fused-ring (bicyclic) bond motifs is 1. The van der Waals surface area contributed by atoms with Crippen molar-refractivity contribution in [3.8, 4) is 0 Å². The molecule has 1 fully saturated rings. The first-order valence-electron chi connectivity index (χ1n) is 6.19. The summed E-state index contributed by atoms with van der Waals surface area (Å²) in [5.74, 6) is 2.47. The number of ether oxygens (including phenoxy) is 1. The summed E-state index contributed by atoms with van der Waals surface area (Å²) in [7, 11) is 0. The zero-order valence-corrected chi connectivity index (χ0v) is 10.6. The Labute approximate surface area is 105 Å². The van der Waals surface area contributed by atoms with Gasteiger partial charge in [-0.3, -0.25) is 0 Å². The fourth-order valence-electron chi connectivity index (χ4n) is 2.53. The minimum atomic E-state index is 0.435.